The predicted molar refractivity (Wildman–Crippen MR) is 67.0 cm³/mol. The quantitative estimate of drug-likeness (QED) is 0.677. The molecule has 0 spiro atoms. The molecular formula is C12H10ClN3O2. The number of hydrogen-bond acceptors (Lipinski definition) is 5. The molecular weight excluding hydrogens is 254 g/mol. The zero-order chi connectivity index (χ0) is 13.0. The second-order valence-electron chi connectivity index (χ2n) is 3.51. The van der Waals surface area contributed by atoms with E-state index in [2.05, 4.69) is 9.97 Å². The fraction of sp³-hybridized carbons (Fsp3) is 0.0833. The van der Waals surface area contributed by atoms with Crippen LogP contribution in [0, 0.1) is 0 Å². The van der Waals surface area contributed by atoms with E-state index in [0.29, 0.717) is 22.1 Å². The van der Waals surface area contributed by atoms with E-state index in [4.69, 9.17) is 22.1 Å². The van der Waals surface area contributed by atoms with Crippen LogP contribution in [0.2, 0.25) is 5.02 Å². The number of carbonyl (C=O) groups excluding carboxylic acids is 1. The summed E-state index contributed by atoms with van der Waals surface area (Å²) in [4.78, 5) is 19.6. The molecule has 1 heterocycles. The van der Waals surface area contributed by atoms with Gasteiger partial charge in [0.1, 0.15) is 0 Å². The topological polar surface area (TPSA) is 78.1 Å². The Hall–Kier alpha value is -2.14. The standard InChI is InChI=1S/C12H10ClN3O2/c13-9-4-8(5-10(14)6-9)12(17)18-7-11-15-2-1-3-16-11/h1-6H,7,14H2. The summed E-state index contributed by atoms with van der Waals surface area (Å²) in [5, 5.41) is 0.387. The van der Waals surface area contributed by atoms with E-state index in [1.807, 2.05) is 0 Å². The van der Waals surface area contributed by atoms with Gasteiger partial charge in [-0.05, 0) is 24.3 Å². The van der Waals surface area contributed by atoms with E-state index in [1.165, 1.54) is 12.1 Å². The van der Waals surface area contributed by atoms with Gasteiger partial charge in [0, 0.05) is 23.1 Å². The highest BCUT2D eigenvalue weighted by Crippen LogP contribution is 2.17. The average molecular weight is 264 g/mol. The van der Waals surface area contributed by atoms with Crippen LogP contribution in [0.5, 0.6) is 0 Å². The summed E-state index contributed by atoms with van der Waals surface area (Å²) in [5.74, 6) is -0.0856. The third-order valence-electron chi connectivity index (χ3n) is 2.11. The highest BCUT2D eigenvalue weighted by atomic mass is 35.5. The van der Waals surface area contributed by atoms with Gasteiger partial charge in [0.05, 0.1) is 5.56 Å². The molecule has 18 heavy (non-hydrogen) atoms. The van der Waals surface area contributed by atoms with Crippen molar-refractivity contribution in [3.8, 4) is 0 Å². The van der Waals surface area contributed by atoms with Crippen molar-refractivity contribution in [3.63, 3.8) is 0 Å². The van der Waals surface area contributed by atoms with Crippen LogP contribution in [0.1, 0.15) is 16.2 Å². The molecule has 0 aliphatic heterocycles. The van der Waals surface area contributed by atoms with Crippen LogP contribution in [-0.4, -0.2) is 15.9 Å². The largest absolute Gasteiger partial charge is 0.454 e. The molecule has 0 radical (unpaired) electrons. The van der Waals surface area contributed by atoms with Crippen molar-refractivity contribution in [2.45, 2.75) is 6.61 Å². The number of halogens is 1. The maximum Gasteiger partial charge on any atom is 0.338 e. The molecule has 0 atom stereocenters. The van der Waals surface area contributed by atoms with Crippen LogP contribution in [0.4, 0.5) is 5.69 Å². The minimum atomic E-state index is -0.517. The minimum absolute atomic E-state index is 0.00604. The molecule has 0 bridgehead atoms. The Labute approximate surface area is 109 Å². The molecule has 5 nitrogen and oxygen atoms in total. The molecule has 2 aromatic rings. The van der Waals surface area contributed by atoms with Crippen LogP contribution in [0.3, 0.4) is 0 Å². The van der Waals surface area contributed by atoms with Gasteiger partial charge in [-0.3, -0.25) is 0 Å². The normalized spacial score (nSPS) is 10.1. The Balaban J connectivity index is 2.04. The lowest BCUT2D eigenvalue weighted by atomic mass is 10.2. The lowest BCUT2D eigenvalue weighted by molar-refractivity contribution is 0.0462. The van der Waals surface area contributed by atoms with Gasteiger partial charge in [-0.1, -0.05) is 11.6 Å². The molecule has 0 aliphatic rings. The fourth-order valence-corrected chi connectivity index (χ4v) is 1.59. The minimum Gasteiger partial charge on any atom is -0.454 e. The molecule has 2 rings (SSSR count). The summed E-state index contributed by atoms with van der Waals surface area (Å²) >= 11 is 5.80. The van der Waals surface area contributed by atoms with Gasteiger partial charge in [-0.2, -0.15) is 0 Å². The summed E-state index contributed by atoms with van der Waals surface area (Å²) in [6, 6.07) is 6.23. The van der Waals surface area contributed by atoms with Gasteiger partial charge in [0.2, 0.25) is 0 Å². The van der Waals surface area contributed by atoms with E-state index >= 15 is 0 Å². The number of rotatable bonds is 3. The van der Waals surface area contributed by atoms with Crippen molar-refractivity contribution < 1.29 is 9.53 Å². The van der Waals surface area contributed by atoms with Crippen LogP contribution in [-0.2, 0) is 11.3 Å². The first-order chi connectivity index (χ1) is 8.65. The number of aromatic nitrogens is 2. The fourth-order valence-electron chi connectivity index (χ4n) is 1.35. The van der Waals surface area contributed by atoms with Crippen molar-refractivity contribution in [2.24, 2.45) is 0 Å². The molecule has 0 unspecified atom stereocenters. The van der Waals surface area contributed by atoms with E-state index in [0.717, 1.165) is 0 Å². The summed E-state index contributed by atoms with van der Waals surface area (Å²) in [5.41, 5.74) is 6.30. The van der Waals surface area contributed by atoms with Crippen molar-refractivity contribution in [2.75, 3.05) is 5.73 Å². The van der Waals surface area contributed by atoms with Crippen molar-refractivity contribution in [1.82, 2.24) is 9.97 Å². The van der Waals surface area contributed by atoms with E-state index in [9.17, 15) is 4.79 Å². The number of nitrogens with two attached hydrogens (primary N) is 1. The van der Waals surface area contributed by atoms with Crippen LogP contribution < -0.4 is 5.73 Å². The maximum atomic E-state index is 11.7. The highest BCUT2D eigenvalue weighted by molar-refractivity contribution is 6.31. The van der Waals surface area contributed by atoms with Crippen molar-refractivity contribution >= 4 is 23.3 Å². The Bertz CT molecular complexity index is 540. The zero-order valence-corrected chi connectivity index (χ0v) is 10.1. The van der Waals surface area contributed by atoms with Crippen LogP contribution in [0.25, 0.3) is 0 Å². The molecule has 0 fully saturated rings. The monoisotopic (exact) mass is 263 g/mol. The molecule has 1 aromatic heterocycles. The third kappa shape index (κ3) is 3.18. The molecule has 1 aromatic carbocycles. The number of carbonyl (C=O) groups is 1. The number of nitrogens with zero attached hydrogens (tertiary/aromatic N) is 2. The maximum absolute atomic E-state index is 11.7. The predicted octanol–water partition coefficient (Wildman–Crippen LogP) is 2.07. The summed E-state index contributed by atoms with van der Waals surface area (Å²) in [7, 11) is 0. The first kappa shape index (κ1) is 12.3. The van der Waals surface area contributed by atoms with Crippen LogP contribution in [0.15, 0.2) is 36.7 Å². The molecule has 6 heteroatoms. The van der Waals surface area contributed by atoms with Gasteiger partial charge >= 0.3 is 5.97 Å². The molecule has 0 amide bonds. The summed E-state index contributed by atoms with van der Waals surface area (Å²) in [6.45, 7) is 0.00604. The zero-order valence-electron chi connectivity index (χ0n) is 9.34. The number of benzene rings is 1. The molecule has 92 valence electrons. The summed E-state index contributed by atoms with van der Waals surface area (Å²) < 4.78 is 5.05. The highest BCUT2D eigenvalue weighted by Gasteiger charge is 2.09. The number of anilines is 1. The van der Waals surface area contributed by atoms with Gasteiger partial charge in [-0.15, -0.1) is 0 Å². The van der Waals surface area contributed by atoms with Crippen LogP contribution >= 0.6 is 11.6 Å². The lowest BCUT2D eigenvalue weighted by Crippen LogP contribution is -2.07. The lowest BCUT2D eigenvalue weighted by Gasteiger charge is -2.05. The van der Waals surface area contributed by atoms with Gasteiger partial charge in [0.15, 0.2) is 12.4 Å². The first-order valence-electron chi connectivity index (χ1n) is 5.14. The number of hydrogen-bond donors (Lipinski definition) is 1. The SMILES string of the molecule is Nc1cc(Cl)cc(C(=O)OCc2ncccn2)c1. The Kier molecular flexibility index (Phi) is 3.74. The first-order valence-corrected chi connectivity index (χ1v) is 5.52. The Morgan fingerprint density at radius 2 is 2.00 bits per heavy atom. The molecule has 2 N–H and O–H groups in total. The molecule has 0 saturated carbocycles. The van der Waals surface area contributed by atoms with Gasteiger partial charge in [-0.25, -0.2) is 14.8 Å². The van der Waals surface area contributed by atoms with Crippen molar-refractivity contribution in [1.29, 1.82) is 0 Å². The van der Waals surface area contributed by atoms with E-state index in [1.54, 1.807) is 24.5 Å². The van der Waals surface area contributed by atoms with Gasteiger partial charge in [0.25, 0.3) is 0 Å². The Morgan fingerprint density at radius 3 is 2.67 bits per heavy atom. The number of nitrogen functional groups attached to an aromatic ring is 1. The molecule has 0 saturated heterocycles. The molecule has 0 aliphatic carbocycles. The Morgan fingerprint density at radius 1 is 1.28 bits per heavy atom. The second-order valence-corrected chi connectivity index (χ2v) is 3.95. The summed E-state index contributed by atoms with van der Waals surface area (Å²) in [6.07, 6.45) is 3.15. The average Bonchev–Trinajstić information content (AvgIpc) is 2.36. The van der Waals surface area contributed by atoms with Gasteiger partial charge < -0.3 is 10.5 Å². The smallest absolute Gasteiger partial charge is 0.338 e. The second kappa shape index (κ2) is 5.46. The number of ether oxygens (including phenoxy) is 1. The van der Waals surface area contributed by atoms with Crippen molar-refractivity contribution in [3.05, 3.63) is 53.1 Å². The third-order valence-corrected chi connectivity index (χ3v) is 2.33. The number of esters is 1. The van der Waals surface area contributed by atoms with E-state index < -0.39 is 5.97 Å². The van der Waals surface area contributed by atoms with E-state index in [-0.39, 0.29) is 6.61 Å².